The molecule has 1 amide bonds. The summed E-state index contributed by atoms with van der Waals surface area (Å²) in [6.07, 6.45) is 4.02. The molecular weight excluding hydrogens is 321 g/mol. The minimum atomic E-state index is -4.13. The van der Waals surface area contributed by atoms with Crippen molar-refractivity contribution in [1.29, 1.82) is 0 Å². The molecule has 0 aromatic heterocycles. The van der Waals surface area contributed by atoms with Crippen LogP contribution in [0.15, 0.2) is 23.1 Å². The molecule has 2 heterocycles. The molecule has 0 spiro atoms. The molecule has 0 aliphatic carbocycles. The monoisotopic (exact) mass is 341 g/mol. The van der Waals surface area contributed by atoms with Crippen molar-refractivity contribution in [3.8, 4) is 0 Å². The van der Waals surface area contributed by atoms with Crippen LogP contribution in [0.3, 0.4) is 0 Å². The lowest BCUT2D eigenvalue weighted by Gasteiger charge is -2.35. The summed E-state index contributed by atoms with van der Waals surface area (Å²) in [5.74, 6) is -1.31. The largest absolute Gasteiger partial charge is 0.339 e. The van der Waals surface area contributed by atoms with Gasteiger partial charge in [0.1, 0.15) is 10.7 Å². The summed E-state index contributed by atoms with van der Waals surface area (Å²) in [6.45, 7) is 0. The maximum atomic E-state index is 13.9. The van der Waals surface area contributed by atoms with E-state index in [-0.39, 0.29) is 17.5 Å². The van der Waals surface area contributed by atoms with E-state index in [0.717, 1.165) is 37.8 Å². The van der Waals surface area contributed by atoms with E-state index in [9.17, 15) is 17.6 Å². The van der Waals surface area contributed by atoms with Crippen LogP contribution in [0.25, 0.3) is 0 Å². The van der Waals surface area contributed by atoms with Gasteiger partial charge in [-0.25, -0.2) is 17.9 Å². The van der Waals surface area contributed by atoms with E-state index in [4.69, 9.17) is 5.14 Å². The number of amides is 1. The van der Waals surface area contributed by atoms with E-state index in [2.05, 4.69) is 5.32 Å². The number of piperidine rings is 1. The zero-order valence-electron chi connectivity index (χ0n) is 12.8. The van der Waals surface area contributed by atoms with E-state index in [1.54, 1.807) is 11.9 Å². The molecule has 126 valence electrons. The topological polar surface area (TPSA) is 92.5 Å². The number of carbonyl (C=O) groups excluding carboxylic acids is 1. The number of hydrogen-bond acceptors (Lipinski definition) is 4. The summed E-state index contributed by atoms with van der Waals surface area (Å²) >= 11 is 0. The maximum Gasteiger partial charge on any atom is 0.253 e. The third kappa shape index (κ3) is 3.24. The minimum Gasteiger partial charge on any atom is -0.339 e. The first-order valence-corrected chi connectivity index (χ1v) is 9.16. The zero-order chi connectivity index (χ0) is 16.8. The van der Waals surface area contributed by atoms with Crippen LogP contribution in [0.2, 0.25) is 0 Å². The highest BCUT2D eigenvalue weighted by Crippen LogP contribution is 2.30. The Morgan fingerprint density at radius 3 is 2.43 bits per heavy atom. The molecule has 2 aliphatic rings. The zero-order valence-corrected chi connectivity index (χ0v) is 13.6. The minimum absolute atomic E-state index is 0.113. The quantitative estimate of drug-likeness (QED) is 0.852. The Hall–Kier alpha value is -1.51. The second kappa shape index (κ2) is 5.85. The number of nitrogens with zero attached hydrogens (tertiary/aromatic N) is 1. The number of rotatable bonds is 3. The van der Waals surface area contributed by atoms with Gasteiger partial charge in [-0.05, 0) is 43.9 Å². The highest BCUT2D eigenvalue weighted by Gasteiger charge is 2.36. The van der Waals surface area contributed by atoms with Crippen LogP contribution < -0.4 is 10.5 Å². The van der Waals surface area contributed by atoms with E-state index < -0.39 is 20.7 Å². The van der Waals surface area contributed by atoms with E-state index in [0.29, 0.717) is 12.1 Å². The predicted octanol–water partition coefficient (Wildman–Crippen LogP) is 0.828. The number of halogens is 1. The van der Waals surface area contributed by atoms with Crippen LogP contribution in [-0.4, -0.2) is 44.4 Å². The van der Waals surface area contributed by atoms with Gasteiger partial charge in [0.2, 0.25) is 10.0 Å². The molecule has 2 fully saturated rings. The molecule has 2 atom stereocenters. The van der Waals surface area contributed by atoms with Crippen molar-refractivity contribution in [3.63, 3.8) is 0 Å². The number of nitrogens with one attached hydrogen (secondary N) is 1. The highest BCUT2D eigenvalue weighted by molar-refractivity contribution is 7.89. The average Bonchev–Trinajstić information content (AvgIpc) is 2.82. The van der Waals surface area contributed by atoms with Gasteiger partial charge in [-0.3, -0.25) is 4.79 Å². The Morgan fingerprint density at radius 2 is 1.91 bits per heavy atom. The molecule has 2 unspecified atom stereocenters. The predicted molar refractivity (Wildman–Crippen MR) is 82.8 cm³/mol. The Balaban J connectivity index is 1.79. The van der Waals surface area contributed by atoms with Crippen LogP contribution in [0.5, 0.6) is 0 Å². The van der Waals surface area contributed by atoms with Gasteiger partial charge < -0.3 is 10.2 Å². The first kappa shape index (κ1) is 16.4. The summed E-state index contributed by atoms with van der Waals surface area (Å²) in [6, 6.07) is 4.27. The number of benzene rings is 1. The van der Waals surface area contributed by atoms with Gasteiger partial charge in [0, 0.05) is 30.7 Å². The molecule has 0 saturated carbocycles. The second-order valence-electron chi connectivity index (χ2n) is 6.37. The number of sulfonamides is 1. The van der Waals surface area contributed by atoms with E-state index >= 15 is 0 Å². The third-order valence-corrected chi connectivity index (χ3v) is 5.75. The first-order chi connectivity index (χ1) is 10.8. The normalized spacial score (nSPS) is 27.0. The number of carbonyl (C=O) groups is 1. The highest BCUT2D eigenvalue weighted by atomic mass is 32.2. The SMILES string of the molecule is CN(C(=O)c1ccc(S(N)(=O)=O)c(F)c1)C1CC2CCC(C1)N2. The van der Waals surface area contributed by atoms with Crippen LogP contribution in [0.4, 0.5) is 4.39 Å². The van der Waals surface area contributed by atoms with Crippen molar-refractivity contribution < 1.29 is 17.6 Å². The molecule has 6 nitrogen and oxygen atoms in total. The van der Waals surface area contributed by atoms with Crippen molar-refractivity contribution in [1.82, 2.24) is 10.2 Å². The fourth-order valence-corrected chi connectivity index (χ4v) is 4.17. The Morgan fingerprint density at radius 1 is 1.30 bits per heavy atom. The van der Waals surface area contributed by atoms with Gasteiger partial charge in [-0.1, -0.05) is 0 Å². The second-order valence-corrected chi connectivity index (χ2v) is 7.90. The molecule has 1 aromatic rings. The molecular formula is C15H20FN3O3S. The van der Waals surface area contributed by atoms with Gasteiger partial charge in [0.05, 0.1) is 0 Å². The van der Waals surface area contributed by atoms with Gasteiger partial charge in [-0.2, -0.15) is 0 Å². The van der Waals surface area contributed by atoms with Crippen molar-refractivity contribution in [2.45, 2.75) is 48.7 Å². The molecule has 8 heteroatoms. The summed E-state index contributed by atoms with van der Waals surface area (Å²) in [7, 11) is -2.42. The molecule has 1 aromatic carbocycles. The molecule has 0 radical (unpaired) electrons. The molecule has 2 aliphatic heterocycles. The summed E-state index contributed by atoms with van der Waals surface area (Å²) in [5.41, 5.74) is 0.128. The van der Waals surface area contributed by atoms with Gasteiger partial charge in [0.25, 0.3) is 5.91 Å². The maximum absolute atomic E-state index is 13.9. The summed E-state index contributed by atoms with van der Waals surface area (Å²) < 4.78 is 36.4. The molecule has 23 heavy (non-hydrogen) atoms. The smallest absolute Gasteiger partial charge is 0.253 e. The van der Waals surface area contributed by atoms with Crippen molar-refractivity contribution in [2.75, 3.05) is 7.05 Å². The average molecular weight is 341 g/mol. The first-order valence-electron chi connectivity index (χ1n) is 7.61. The lowest BCUT2D eigenvalue weighted by atomic mass is 9.98. The van der Waals surface area contributed by atoms with Gasteiger partial charge in [-0.15, -0.1) is 0 Å². The lowest BCUT2D eigenvalue weighted by Crippen LogP contribution is -2.48. The fourth-order valence-electron chi connectivity index (χ4n) is 3.58. The van der Waals surface area contributed by atoms with Gasteiger partial charge >= 0.3 is 0 Å². The molecule has 2 saturated heterocycles. The number of hydrogen-bond donors (Lipinski definition) is 2. The lowest BCUT2D eigenvalue weighted by molar-refractivity contribution is 0.0681. The van der Waals surface area contributed by atoms with Crippen LogP contribution in [-0.2, 0) is 10.0 Å². The van der Waals surface area contributed by atoms with Crippen LogP contribution in [0, 0.1) is 5.82 Å². The Labute approximate surface area is 134 Å². The standard InChI is InChI=1S/C15H20FN3O3S/c1-19(12-7-10-3-4-11(8-12)18-10)15(20)9-2-5-14(13(16)6-9)23(17,21)22/h2,5-6,10-12,18H,3-4,7-8H2,1H3,(H2,17,21,22). The molecule has 3 rings (SSSR count). The number of nitrogens with two attached hydrogens (primary N) is 1. The molecule has 3 N–H and O–H groups in total. The van der Waals surface area contributed by atoms with Crippen molar-refractivity contribution in [2.24, 2.45) is 5.14 Å². The number of primary sulfonamides is 1. The summed E-state index contributed by atoms with van der Waals surface area (Å²) in [4.78, 5) is 13.6. The van der Waals surface area contributed by atoms with E-state index in [1.165, 1.54) is 6.07 Å². The molecule has 2 bridgehead atoms. The fraction of sp³-hybridized carbons (Fsp3) is 0.533. The summed E-state index contributed by atoms with van der Waals surface area (Å²) in [5, 5.41) is 8.44. The Kier molecular flexibility index (Phi) is 4.16. The Bertz CT molecular complexity index is 725. The van der Waals surface area contributed by atoms with Crippen molar-refractivity contribution >= 4 is 15.9 Å². The third-order valence-electron chi connectivity index (χ3n) is 4.80. The van der Waals surface area contributed by atoms with Crippen LogP contribution in [0.1, 0.15) is 36.0 Å². The van der Waals surface area contributed by atoms with E-state index in [1.807, 2.05) is 0 Å². The number of fused-ring (bicyclic) bond motifs is 2. The van der Waals surface area contributed by atoms with Crippen molar-refractivity contribution in [3.05, 3.63) is 29.6 Å². The van der Waals surface area contributed by atoms with Gasteiger partial charge in [0.15, 0.2) is 0 Å². The van der Waals surface area contributed by atoms with Crippen LogP contribution >= 0.6 is 0 Å².